The summed E-state index contributed by atoms with van der Waals surface area (Å²) < 4.78 is 10.5. The summed E-state index contributed by atoms with van der Waals surface area (Å²) in [6.45, 7) is 9.60. The molecular weight excluding hydrogens is 372 g/mol. The van der Waals surface area contributed by atoms with E-state index in [2.05, 4.69) is 11.9 Å². The third-order valence-electron chi connectivity index (χ3n) is 4.52. The van der Waals surface area contributed by atoms with E-state index in [1.165, 1.54) is 18.1 Å². The van der Waals surface area contributed by atoms with Crippen molar-refractivity contribution in [3.05, 3.63) is 24.5 Å². The van der Waals surface area contributed by atoms with Crippen LogP contribution in [0.2, 0.25) is 0 Å². The molecule has 1 rings (SSSR count). The van der Waals surface area contributed by atoms with Gasteiger partial charge in [-0.2, -0.15) is 0 Å². The molecular formula is C22H36N2O5. The summed E-state index contributed by atoms with van der Waals surface area (Å²) in [4.78, 5) is 37.9. The van der Waals surface area contributed by atoms with Gasteiger partial charge in [0.2, 0.25) is 5.91 Å². The van der Waals surface area contributed by atoms with E-state index in [0.29, 0.717) is 31.6 Å². The second-order valence-electron chi connectivity index (χ2n) is 8.18. The highest BCUT2D eigenvalue weighted by atomic mass is 16.6. The van der Waals surface area contributed by atoms with Crippen molar-refractivity contribution in [1.29, 1.82) is 0 Å². The van der Waals surface area contributed by atoms with Crippen molar-refractivity contribution in [2.75, 3.05) is 13.7 Å². The number of allylic oxidation sites excluding steroid dienone is 1. The lowest BCUT2D eigenvalue weighted by molar-refractivity contribution is -0.143. The zero-order valence-corrected chi connectivity index (χ0v) is 18.3. The molecule has 0 radical (unpaired) electrons. The predicted molar refractivity (Wildman–Crippen MR) is 112 cm³/mol. The first-order valence-electron chi connectivity index (χ1n) is 10.4. The number of alkyl carbamates (subject to hydrolysis) is 1. The van der Waals surface area contributed by atoms with Crippen LogP contribution in [0.5, 0.6) is 0 Å². The van der Waals surface area contributed by atoms with Gasteiger partial charge in [-0.15, -0.1) is 6.58 Å². The molecule has 164 valence electrons. The van der Waals surface area contributed by atoms with E-state index < -0.39 is 11.7 Å². The molecule has 0 saturated heterocycles. The Morgan fingerprint density at radius 1 is 1.21 bits per heavy atom. The van der Waals surface area contributed by atoms with E-state index in [0.717, 1.165) is 32.1 Å². The molecule has 0 unspecified atom stereocenters. The van der Waals surface area contributed by atoms with Gasteiger partial charge in [0, 0.05) is 19.0 Å². The molecule has 0 aromatic carbocycles. The second-order valence-corrected chi connectivity index (χ2v) is 8.18. The number of imide groups is 1. The molecule has 1 N–H and O–H groups in total. The maximum Gasteiger partial charge on any atom is 0.407 e. The lowest BCUT2D eigenvalue weighted by atomic mass is 10.1. The summed E-state index contributed by atoms with van der Waals surface area (Å²) >= 11 is 0. The van der Waals surface area contributed by atoms with Gasteiger partial charge < -0.3 is 14.8 Å². The molecule has 3 amide bonds. The summed E-state index contributed by atoms with van der Waals surface area (Å²) in [5.74, 6) is 0.0544. The number of hydrogen-bond acceptors (Lipinski definition) is 5. The van der Waals surface area contributed by atoms with E-state index in [9.17, 15) is 14.4 Å². The van der Waals surface area contributed by atoms with Crippen molar-refractivity contribution in [2.24, 2.45) is 0 Å². The lowest BCUT2D eigenvalue weighted by Gasteiger charge is -2.25. The molecule has 1 aliphatic heterocycles. The highest BCUT2D eigenvalue weighted by Gasteiger charge is 2.37. The Bertz CT molecular complexity index is 607. The lowest BCUT2D eigenvalue weighted by Crippen LogP contribution is -2.40. The van der Waals surface area contributed by atoms with E-state index >= 15 is 0 Å². The Hall–Kier alpha value is -2.31. The van der Waals surface area contributed by atoms with Crippen molar-refractivity contribution in [1.82, 2.24) is 10.2 Å². The van der Waals surface area contributed by atoms with Crippen molar-refractivity contribution < 1.29 is 23.9 Å². The number of unbranched alkanes of at least 4 members (excludes halogenated alkanes) is 4. The van der Waals surface area contributed by atoms with Gasteiger partial charge in [0.1, 0.15) is 11.4 Å². The van der Waals surface area contributed by atoms with Crippen LogP contribution in [0.3, 0.4) is 0 Å². The zero-order valence-electron chi connectivity index (χ0n) is 18.3. The van der Waals surface area contributed by atoms with Gasteiger partial charge in [-0.25, -0.2) is 4.79 Å². The van der Waals surface area contributed by atoms with E-state index in [1.807, 2.05) is 26.8 Å². The smallest absolute Gasteiger partial charge is 0.407 e. The molecule has 0 aromatic heterocycles. The number of nitrogens with zero attached hydrogens (tertiary/aromatic N) is 1. The predicted octanol–water partition coefficient (Wildman–Crippen LogP) is 4.09. The molecule has 0 bridgehead atoms. The number of hydrogen-bond donors (Lipinski definition) is 1. The van der Waals surface area contributed by atoms with Crippen LogP contribution in [0.4, 0.5) is 4.79 Å². The molecule has 0 aromatic rings. The van der Waals surface area contributed by atoms with Crippen LogP contribution in [0.15, 0.2) is 24.5 Å². The number of ether oxygens (including phenoxy) is 2. The van der Waals surface area contributed by atoms with Crippen molar-refractivity contribution in [3.63, 3.8) is 0 Å². The van der Waals surface area contributed by atoms with Crippen molar-refractivity contribution in [3.8, 4) is 0 Å². The Labute approximate surface area is 174 Å². The second kappa shape index (κ2) is 12.3. The topological polar surface area (TPSA) is 84.9 Å². The Morgan fingerprint density at radius 2 is 1.93 bits per heavy atom. The number of nitrogens with one attached hydrogen (secondary N) is 1. The van der Waals surface area contributed by atoms with Gasteiger partial charge in [0.25, 0.3) is 5.91 Å². The number of carbonyl (C=O) groups excluding carboxylic acids is 3. The van der Waals surface area contributed by atoms with Gasteiger partial charge in [-0.1, -0.05) is 12.5 Å². The standard InChI is InChI=1S/C22H36N2O5/c1-6-7-8-9-10-14-19(25)24-17(18(28-5)16-20(24)26)13-11-12-15-23-21(27)29-22(2,3)4/h6,16-17H,1,7-15H2,2-5H3,(H,23,27)/t17-/m0/s1. The summed E-state index contributed by atoms with van der Waals surface area (Å²) in [6, 6.07) is -0.366. The van der Waals surface area contributed by atoms with E-state index in [-0.39, 0.29) is 17.9 Å². The van der Waals surface area contributed by atoms with Crippen LogP contribution in [-0.2, 0) is 19.1 Å². The fraction of sp³-hybridized carbons (Fsp3) is 0.682. The van der Waals surface area contributed by atoms with Crippen LogP contribution in [0.1, 0.15) is 72.1 Å². The number of rotatable bonds is 12. The Balaban J connectivity index is 2.45. The Kier molecular flexibility index (Phi) is 10.5. The highest BCUT2D eigenvalue weighted by molar-refractivity contribution is 6.04. The summed E-state index contributed by atoms with van der Waals surface area (Å²) in [6.07, 6.45) is 8.85. The first-order valence-corrected chi connectivity index (χ1v) is 10.4. The van der Waals surface area contributed by atoms with Gasteiger partial charge in [0.05, 0.1) is 13.2 Å². The first kappa shape index (κ1) is 24.7. The van der Waals surface area contributed by atoms with Gasteiger partial charge >= 0.3 is 6.09 Å². The molecule has 29 heavy (non-hydrogen) atoms. The van der Waals surface area contributed by atoms with E-state index in [4.69, 9.17) is 9.47 Å². The molecule has 7 heteroatoms. The third-order valence-corrected chi connectivity index (χ3v) is 4.52. The number of methoxy groups -OCH3 is 1. The highest BCUT2D eigenvalue weighted by Crippen LogP contribution is 2.26. The summed E-state index contributed by atoms with van der Waals surface area (Å²) in [5.41, 5.74) is -0.529. The zero-order chi connectivity index (χ0) is 21.9. The fourth-order valence-corrected chi connectivity index (χ4v) is 3.16. The third kappa shape index (κ3) is 9.15. The minimum Gasteiger partial charge on any atom is -0.499 e. The quantitative estimate of drug-likeness (QED) is 0.388. The molecule has 1 aliphatic rings. The molecule has 1 heterocycles. The SMILES string of the molecule is C=CCCCCCC(=O)N1C(=O)C=C(OC)[C@@H]1CCCCNC(=O)OC(C)(C)C. The average molecular weight is 409 g/mol. The maximum absolute atomic E-state index is 12.6. The monoisotopic (exact) mass is 408 g/mol. The molecule has 0 aliphatic carbocycles. The van der Waals surface area contributed by atoms with Gasteiger partial charge in [0.15, 0.2) is 0 Å². The summed E-state index contributed by atoms with van der Waals surface area (Å²) in [5, 5.41) is 2.72. The summed E-state index contributed by atoms with van der Waals surface area (Å²) in [7, 11) is 1.51. The normalized spacial score (nSPS) is 16.4. The molecule has 0 fully saturated rings. The van der Waals surface area contributed by atoms with Crippen LogP contribution in [-0.4, -0.2) is 48.1 Å². The Morgan fingerprint density at radius 3 is 2.55 bits per heavy atom. The number of amides is 3. The molecule has 1 atom stereocenters. The maximum atomic E-state index is 12.6. The van der Waals surface area contributed by atoms with Crippen LogP contribution >= 0.6 is 0 Å². The van der Waals surface area contributed by atoms with Crippen LogP contribution in [0.25, 0.3) is 0 Å². The number of carbonyl (C=O) groups is 3. The molecule has 7 nitrogen and oxygen atoms in total. The van der Waals surface area contributed by atoms with Crippen molar-refractivity contribution in [2.45, 2.75) is 83.8 Å². The van der Waals surface area contributed by atoms with Gasteiger partial charge in [-0.3, -0.25) is 14.5 Å². The molecule has 0 saturated carbocycles. The molecule has 0 spiro atoms. The van der Waals surface area contributed by atoms with Crippen LogP contribution in [0, 0.1) is 0 Å². The van der Waals surface area contributed by atoms with Crippen LogP contribution < -0.4 is 5.32 Å². The van der Waals surface area contributed by atoms with Crippen molar-refractivity contribution >= 4 is 17.9 Å². The average Bonchev–Trinajstić information content (AvgIpc) is 2.95. The first-order chi connectivity index (χ1) is 13.7. The minimum atomic E-state index is -0.529. The fourth-order valence-electron chi connectivity index (χ4n) is 3.16. The van der Waals surface area contributed by atoms with E-state index in [1.54, 1.807) is 0 Å². The van der Waals surface area contributed by atoms with Gasteiger partial charge in [-0.05, 0) is 59.3 Å². The minimum absolute atomic E-state index is 0.159. The largest absolute Gasteiger partial charge is 0.499 e.